The number of carbonyl (C=O) groups is 2. The highest BCUT2D eigenvalue weighted by Gasteiger charge is 2.62. The summed E-state index contributed by atoms with van der Waals surface area (Å²) in [6.07, 6.45) is 14.0. The van der Waals surface area contributed by atoms with Gasteiger partial charge in [-0.3, -0.25) is 9.59 Å². The molecular formula is C32H48N2O6. The maximum Gasteiger partial charge on any atom is 0.305 e. The van der Waals surface area contributed by atoms with Gasteiger partial charge in [-0.15, -0.1) is 0 Å². The number of oxime groups is 1. The first-order valence-electron chi connectivity index (χ1n) is 15.2. The minimum Gasteiger partial charge on any atom is -0.481 e. The molecular weight excluding hydrogens is 508 g/mol. The number of carbonyl (C=O) groups excluding carboxylic acids is 1. The van der Waals surface area contributed by atoms with E-state index >= 15 is 0 Å². The van der Waals surface area contributed by atoms with E-state index in [9.17, 15) is 19.8 Å². The summed E-state index contributed by atoms with van der Waals surface area (Å²) in [6.45, 7) is 11.0. The largest absolute Gasteiger partial charge is 0.481 e. The van der Waals surface area contributed by atoms with Gasteiger partial charge in [-0.25, -0.2) is 0 Å². The van der Waals surface area contributed by atoms with Gasteiger partial charge in [0.15, 0.2) is 6.61 Å². The van der Waals surface area contributed by atoms with E-state index in [0.29, 0.717) is 42.9 Å². The second kappa shape index (κ2) is 10.6. The number of hydrogen-bond donors (Lipinski definition) is 3. The zero-order valence-electron chi connectivity index (χ0n) is 24.9. The van der Waals surface area contributed by atoms with Crippen LogP contribution in [0.5, 0.6) is 0 Å². The number of aliphatic hydroxyl groups is 1. The Bertz CT molecular complexity index is 1110. The van der Waals surface area contributed by atoms with Gasteiger partial charge in [0.25, 0.3) is 5.91 Å². The van der Waals surface area contributed by atoms with Crippen molar-refractivity contribution in [3.05, 3.63) is 23.8 Å². The fourth-order valence-electron chi connectivity index (χ4n) is 9.07. The molecule has 1 heterocycles. The van der Waals surface area contributed by atoms with E-state index in [0.717, 1.165) is 38.5 Å². The minimum atomic E-state index is -0.937. The van der Waals surface area contributed by atoms with Crippen LogP contribution in [0.2, 0.25) is 0 Å². The number of nitrogens with one attached hydrogen (secondary N) is 1. The van der Waals surface area contributed by atoms with Crippen molar-refractivity contribution in [3.63, 3.8) is 0 Å². The molecule has 8 heteroatoms. The molecule has 4 fully saturated rings. The van der Waals surface area contributed by atoms with Crippen molar-refractivity contribution in [1.82, 2.24) is 5.32 Å². The number of fused-ring (bicyclic) bond motifs is 5. The Hall–Kier alpha value is -2.19. The van der Waals surface area contributed by atoms with E-state index in [4.69, 9.17) is 9.57 Å². The number of hydrogen-bond acceptors (Lipinski definition) is 6. The molecule has 4 aliphatic carbocycles. The third-order valence-corrected chi connectivity index (χ3v) is 11.5. The number of ether oxygens (including phenoxy) is 1. The highest BCUT2D eigenvalue weighted by molar-refractivity contribution is 6.05. The molecule has 0 aromatic rings. The van der Waals surface area contributed by atoms with Crippen LogP contribution in [0.3, 0.4) is 0 Å². The third kappa shape index (κ3) is 5.38. The number of allylic oxidation sites excluding steroid dienone is 4. The van der Waals surface area contributed by atoms with E-state index in [1.165, 1.54) is 5.57 Å². The molecule has 0 bridgehead atoms. The molecule has 5 rings (SSSR count). The summed E-state index contributed by atoms with van der Waals surface area (Å²) in [4.78, 5) is 29.6. The number of carboxylic acid groups (broad SMARTS) is 1. The molecule has 40 heavy (non-hydrogen) atoms. The lowest BCUT2D eigenvalue weighted by Gasteiger charge is -2.58. The molecule has 0 unspecified atom stereocenters. The molecule has 1 aliphatic heterocycles. The van der Waals surface area contributed by atoms with Crippen LogP contribution in [-0.2, 0) is 19.2 Å². The molecule has 8 atom stereocenters. The average Bonchev–Trinajstić information content (AvgIpc) is 3.11. The molecule has 3 N–H and O–H groups in total. The van der Waals surface area contributed by atoms with Gasteiger partial charge in [0.2, 0.25) is 0 Å². The van der Waals surface area contributed by atoms with Crippen molar-refractivity contribution in [2.75, 3.05) is 13.2 Å². The predicted octanol–water partition coefficient (Wildman–Crippen LogP) is 5.01. The molecule has 0 radical (unpaired) electrons. The van der Waals surface area contributed by atoms with Gasteiger partial charge in [0.05, 0.1) is 17.6 Å². The van der Waals surface area contributed by atoms with Gasteiger partial charge in [-0.05, 0) is 113 Å². The third-order valence-electron chi connectivity index (χ3n) is 11.5. The Morgan fingerprint density at radius 2 is 1.88 bits per heavy atom. The number of nitrogens with zero attached hydrogens (tertiary/aromatic N) is 1. The normalized spacial score (nSPS) is 41.8. The molecule has 3 saturated carbocycles. The lowest BCUT2D eigenvalue weighted by molar-refractivity contribution is -0.139. The van der Waals surface area contributed by atoms with Crippen LogP contribution in [0.4, 0.5) is 0 Å². The maximum absolute atomic E-state index is 12.7. The molecule has 1 saturated heterocycles. The first-order valence-corrected chi connectivity index (χ1v) is 15.2. The molecule has 8 nitrogen and oxygen atoms in total. The van der Waals surface area contributed by atoms with Crippen molar-refractivity contribution >= 4 is 17.6 Å². The number of rotatable bonds is 7. The Kier molecular flexibility index (Phi) is 7.75. The van der Waals surface area contributed by atoms with E-state index in [1.54, 1.807) is 0 Å². The van der Waals surface area contributed by atoms with E-state index < -0.39 is 17.6 Å². The number of aliphatic carboxylic acids is 1. The lowest BCUT2D eigenvalue weighted by Crippen LogP contribution is -2.53. The Morgan fingerprint density at radius 1 is 1.12 bits per heavy atom. The summed E-state index contributed by atoms with van der Waals surface area (Å²) in [5.41, 5.74) is 1.17. The zero-order valence-corrected chi connectivity index (χ0v) is 24.9. The summed E-state index contributed by atoms with van der Waals surface area (Å²) in [6, 6.07) is -0.474. The van der Waals surface area contributed by atoms with Crippen molar-refractivity contribution in [2.45, 2.75) is 110 Å². The quantitative estimate of drug-likeness (QED) is 0.380. The van der Waals surface area contributed by atoms with Crippen molar-refractivity contribution in [3.8, 4) is 0 Å². The SMILES string of the molecule is CC1(C)C[C@@H]([C@H](CC(=O)O)NC(=O)CO/N=C2/C=C[C@@]3(C)C(=C2)CC[C@@H]2[C@H]4CC[C@](C)(O)[C@@]4(C)CC[C@@H]23)CCO1. The first-order chi connectivity index (χ1) is 18.7. The monoisotopic (exact) mass is 556 g/mol. The summed E-state index contributed by atoms with van der Waals surface area (Å²) in [5.74, 6) is 0.483. The Morgan fingerprint density at radius 3 is 2.60 bits per heavy atom. The Balaban J connectivity index is 1.19. The zero-order chi connectivity index (χ0) is 28.9. The van der Waals surface area contributed by atoms with Crippen LogP contribution in [0, 0.1) is 34.5 Å². The topological polar surface area (TPSA) is 117 Å². The van der Waals surface area contributed by atoms with Crippen molar-refractivity contribution in [2.24, 2.45) is 39.7 Å². The Labute approximate surface area is 238 Å². The molecule has 0 aromatic heterocycles. The summed E-state index contributed by atoms with van der Waals surface area (Å²) >= 11 is 0. The molecule has 5 aliphatic rings. The summed E-state index contributed by atoms with van der Waals surface area (Å²) < 4.78 is 5.77. The van der Waals surface area contributed by atoms with Crippen LogP contribution in [-0.4, -0.2) is 58.3 Å². The van der Waals surface area contributed by atoms with Crippen molar-refractivity contribution in [1.29, 1.82) is 0 Å². The second-order valence-electron chi connectivity index (χ2n) is 14.4. The summed E-state index contributed by atoms with van der Waals surface area (Å²) in [5, 5.41) is 27.7. The van der Waals surface area contributed by atoms with Crippen LogP contribution in [0.1, 0.15) is 92.4 Å². The van der Waals surface area contributed by atoms with E-state index in [2.05, 4.69) is 36.5 Å². The standard InChI is InChI=1S/C32H48N2O6/c1-29(2)18-20(11-15-39-29)26(17-28(36)37)33-27(35)19-40-34-22-8-12-30(3)21(16-22)6-7-23-24(30)9-13-31(4)25(23)10-14-32(31,5)38/h8,12,16,20,23-26,38H,6-7,9-11,13-15,17-19H2,1-5H3,(H,33,35)(H,36,37)/b34-22-/t20-,23-,24-,25+,26-,30-,31-,32-/m0/s1. The smallest absolute Gasteiger partial charge is 0.305 e. The van der Waals surface area contributed by atoms with E-state index in [1.807, 2.05) is 26.8 Å². The van der Waals surface area contributed by atoms with E-state index in [-0.39, 0.29) is 41.3 Å². The number of amides is 1. The average molecular weight is 557 g/mol. The fraction of sp³-hybridized carbons (Fsp3) is 0.781. The second-order valence-corrected chi connectivity index (χ2v) is 14.4. The van der Waals surface area contributed by atoms with Crippen LogP contribution >= 0.6 is 0 Å². The molecule has 1 amide bonds. The first kappa shape index (κ1) is 29.3. The van der Waals surface area contributed by atoms with Crippen molar-refractivity contribution < 1.29 is 29.4 Å². The van der Waals surface area contributed by atoms with Gasteiger partial charge in [-0.1, -0.05) is 30.7 Å². The maximum atomic E-state index is 12.7. The van der Waals surface area contributed by atoms with Crippen LogP contribution in [0.15, 0.2) is 29.0 Å². The van der Waals surface area contributed by atoms with Crippen LogP contribution in [0.25, 0.3) is 0 Å². The van der Waals surface area contributed by atoms with Crippen LogP contribution < -0.4 is 5.32 Å². The van der Waals surface area contributed by atoms with Gasteiger partial charge in [-0.2, -0.15) is 0 Å². The highest BCUT2D eigenvalue weighted by atomic mass is 16.6. The number of carboxylic acids is 1. The highest BCUT2D eigenvalue weighted by Crippen LogP contribution is 2.66. The summed E-state index contributed by atoms with van der Waals surface area (Å²) in [7, 11) is 0. The fourth-order valence-corrected chi connectivity index (χ4v) is 9.07. The van der Waals surface area contributed by atoms with Gasteiger partial charge >= 0.3 is 5.97 Å². The van der Waals surface area contributed by atoms with Gasteiger partial charge in [0.1, 0.15) is 5.71 Å². The predicted molar refractivity (Wildman–Crippen MR) is 153 cm³/mol. The minimum absolute atomic E-state index is 0.00952. The van der Waals surface area contributed by atoms with Gasteiger partial charge in [0, 0.05) is 18.1 Å². The lowest BCUT2D eigenvalue weighted by atomic mass is 9.47. The molecule has 0 spiro atoms. The molecule has 0 aromatic carbocycles. The molecule has 222 valence electrons. The van der Waals surface area contributed by atoms with Gasteiger partial charge < -0.3 is 25.1 Å².